The van der Waals surface area contributed by atoms with Crippen molar-refractivity contribution < 1.29 is 4.79 Å². The van der Waals surface area contributed by atoms with Gasteiger partial charge in [0.1, 0.15) is 0 Å². The number of hydrogen-bond acceptors (Lipinski definition) is 8. The van der Waals surface area contributed by atoms with E-state index in [2.05, 4.69) is 46.0 Å². The van der Waals surface area contributed by atoms with E-state index < -0.39 is 0 Å². The number of halogens is 2. The molecule has 31 heavy (non-hydrogen) atoms. The first-order valence-electron chi connectivity index (χ1n) is 9.56. The van der Waals surface area contributed by atoms with Crippen LogP contribution in [0.1, 0.15) is 12.8 Å². The number of nitrogens with one attached hydrogen (secondary N) is 2. The summed E-state index contributed by atoms with van der Waals surface area (Å²) in [5.74, 6) is 1.14. The molecule has 0 atom stereocenters. The van der Waals surface area contributed by atoms with Gasteiger partial charge in [-0.2, -0.15) is 4.98 Å². The summed E-state index contributed by atoms with van der Waals surface area (Å²) in [6.07, 6.45) is 1.36. The first-order valence-corrected chi connectivity index (χ1v) is 10.3. The van der Waals surface area contributed by atoms with Gasteiger partial charge in [-0.3, -0.25) is 15.2 Å². The highest BCUT2D eigenvalue weighted by atomic mass is 35.5. The highest BCUT2D eigenvalue weighted by Crippen LogP contribution is 2.29. The normalized spacial score (nSPS) is 14.8. The summed E-state index contributed by atoms with van der Waals surface area (Å²) in [5, 5.41) is 26.3. The summed E-state index contributed by atoms with van der Waals surface area (Å²) in [6, 6.07) is 8.75. The van der Waals surface area contributed by atoms with E-state index in [1.54, 1.807) is 18.2 Å². The Kier molecular flexibility index (Phi) is 5.12. The van der Waals surface area contributed by atoms with Crippen LogP contribution in [0.15, 0.2) is 30.3 Å². The molecule has 1 amide bonds. The molecule has 1 aliphatic heterocycles. The molecule has 3 aromatic heterocycles. The van der Waals surface area contributed by atoms with Gasteiger partial charge in [0, 0.05) is 29.6 Å². The minimum Gasteiger partial charge on any atom is -0.355 e. The van der Waals surface area contributed by atoms with Crippen molar-refractivity contribution in [3.8, 4) is 11.4 Å². The smallest absolute Gasteiger partial charge is 0.249 e. The lowest BCUT2D eigenvalue weighted by Gasteiger charge is -2.31. The second-order valence-corrected chi connectivity index (χ2v) is 7.94. The number of aromatic amines is 1. The summed E-state index contributed by atoms with van der Waals surface area (Å²) < 4.78 is 1.39. The highest BCUT2D eigenvalue weighted by molar-refractivity contribution is 6.35. The Balaban J connectivity index is 1.21. The highest BCUT2D eigenvalue weighted by Gasteiger charge is 2.27. The average Bonchev–Trinajstić information content (AvgIpc) is 3.44. The zero-order chi connectivity index (χ0) is 21.4. The standard InChI is InChI=1S/C18H16Cl2N10O/c19-11-1-2-13(20)12(9-11)16-21-18(25-24-16)22-17(31)10-5-7-29(8-6-10)15-4-3-14-23-27-28-30(14)26-15/h1-4,9-10H,5-8H2,(H2,21,22,24,25,31). The van der Waals surface area contributed by atoms with Crippen LogP contribution in [0.2, 0.25) is 10.0 Å². The van der Waals surface area contributed by atoms with Gasteiger partial charge >= 0.3 is 0 Å². The third-order valence-corrected chi connectivity index (χ3v) is 5.71. The summed E-state index contributed by atoms with van der Waals surface area (Å²) in [5.41, 5.74) is 1.20. The van der Waals surface area contributed by atoms with Gasteiger partial charge < -0.3 is 4.90 Å². The van der Waals surface area contributed by atoms with Crippen LogP contribution in [0.25, 0.3) is 17.0 Å². The van der Waals surface area contributed by atoms with Gasteiger partial charge in [-0.1, -0.05) is 23.2 Å². The number of piperidine rings is 1. The van der Waals surface area contributed by atoms with Crippen molar-refractivity contribution in [3.63, 3.8) is 0 Å². The molecule has 2 N–H and O–H groups in total. The third kappa shape index (κ3) is 4.01. The Morgan fingerprint density at radius 1 is 1.16 bits per heavy atom. The second-order valence-electron chi connectivity index (χ2n) is 7.10. The van der Waals surface area contributed by atoms with Crippen molar-refractivity contribution in [2.75, 3.05) is 23.3 Å². The molecule has 0 aliphatic carbocycles. The molecule has 1 saturated heterocycles. The molecule has 13 heteroatoms. The molecule has 1 fully saturated rings. The average molecular weight is 459 g/mol. The molecule has 0 unspecified atom stereocenters. The Morgan fingerprint density at radius 2 is 2.00 bits per heavy atom. The summed E-state index contributed by atoms with van der Waals surface area (Å²) in [6.45, 7) is 1.38. The van der Waals surface area contributed by atoms with Crippen LogP contribution in [0.4, 0.5) is 11.8 Å². The zero-order valence-corrected chi connectivity index (χ0v) is 17.5. The van der Waals surface area contributed by atoms with E-state index in [0.29, 0.717) is 53.0 Å². The molecule has 1 aromatic carbocycles. The third-order valence-electron chi connectivity index (χ3n) is 5.15. The SMILES string of the molecule is O=C(Nc1n[nH]c(-c2cc(Cl)ccc2Cl)n1)C1CCN(c2ccc3nnnn3n2)CC1. The number of benzene rings is 1. The number of anilines is 2. The van der Waals surface area contributed by atoms with E-state index in [1.807, 2.05) is 12.1 Å². The molecule has 0 bridgehead atoms. The topological polar surface area (TPSA) is 130 Å². The van der Waals surface area contributed by atoms with Crippen LogP contribution in [0.3, 0.4) is 0 Å². The summed E-state index contributed by atoms with van der Waals surface area (Å²) in [7, 11) is 0. The molecule has 4 heterocycles. The number of hydrogen-bond donors (Lipinski definition) is 2. The lowest BCUT2D eigenvalue weighted by atomic mass is 9.96. The number of nitrogens with zero attached hydrogens (tertiary/aromatic N) is 8. The van der Waals surface area contributed by atoms with Gasteiger partial charge in [-0.25, -0.2) is 0 Å². The number of aromatic nitrogens is 8. The number of fused-ring (bicyclic) bond motifs is 1. The van der Waals surface area contributed by atoms with Crippen LogP contribution in [0, 0.1) is 5.92 Å². The predicted octanol–water partition coefficient (Wildman–Crippen LogP) is 2.47. The van der Waals surface area contributed by atoms with Crippen LogP contribution >= 0.6 is 23.2 Å². The van der Waals surface area contributed by atoms with E-state index >= 15 is 0 Å². The predicted molar refractivity (Wildman–Crippen MR) is 114 cm³/mol. The fourth-order valence-corrected chi connectivity index (χ4v) is 3.89. The summed E-state index contributed by atoms with van der Waals surface area (Å²) >= 11 is 12.2. The van der Waals surface area contributed by atoms with Gasteiger partial charge in [0.05, 0.1) is 5.02 Å². The summed E-state index contributed by atoms with van der Waals surface area (Å²) in [4.78, 5) is 19.1. The quantitative estimate of drug-likeness (QED) is 0.476. The maximum absolute atomic E-state index is 12.7. The minimum atomic E-state index is -0.148. The van der Waals surface area contributed by atoms with E-state index in [4.69, 9.17) is 23.2 Å². The van der Waals surface area contributed by atoms with Crippen LogP contribution < -0.4 is 10.2 Å². The molecular weight excluding hydrogens is 443 g/mol. The Bertz CT molecular complexity index is 1250. The van der Waals surface area contributed by atoms with Crippen LogP contribution in [-0.4, -0.2) is 59.4 Å². The first kappa shape index (κ1) is 19.6. The molecule has 0 saturated carbocycles. The van der Waals surface area contributed by atoms with E-state index in [-0.39, 0.29) is 17.8 Å². The van der Waals surface area contributed by atoms with Crippen molar-refractivity contribution in [3.05, 3.63) is 40.4 Å². The lowest BCUT2D eigenvalue weighted by molar-refractivity contribution is -0.120. The van der Waals surface area contributed by atoms with Gasteiger partial charge in [-0.15, -0.1) is 19.9 Å². The molecule has 1 aliphatic rings. The van der Waals surface area contributed by atoms with Crippen molar-refractivity contribution >= 4 is 46.5 Å². The Morgan fingerprint density at radius 3 is 2.84 bits per heavy atom. The van der Waals surface area contributed by atoms with E-state index in [9.17, 15) is 4.79 Å². The molecule has 158 valence electrons. The Labute approximate surface area is 185 Å². The lowest BCUT2D eigenvalue weighted by Crippen LogP contribution is -2.38. The number of amides is 1. The van der Waals surface area contributed by atoms with Gasteiger partial charge in [0.15, 0.2) is 17.3 Å². The first-order chi connectivity index (χ1) is 15.1. The fraction of sp³-hybridized carbons (Fsp3) is 0.278. The van der Waals surface area contributed by atoms with Gasteiger partial charge in [-0.05, 0) is 53.6 Å². The van der Waals surface area contributed by atoms with Crippen molar-refractivity contribution in [1.82, 2.24) is 40.4 Å². The van der Waals surface area contributed by atoms with E-state index in [1.165, 1.54) is 4.63 Å². The number of tetrazole rings is 1. The van der Waals surface area contributed by atoms with Crippen LogP contribution in [-0.2, 0) is 4.79 Å². The largest absolute Gasteiger partial charge is 0.355 e. The molecule has 0 spiro atoms. The van der Waals surface area contributed by atoms with Gasteiger partial charge in [0.2, 0.25) is 11.9 Å². The number of carbonyl (C=O) groups excluding carboxylic acids is 1. The van der Waals surface area contributed by atoms with Crippen LogP contribution in [0.5, 0.6) is 0 Å². The number of rotatable bonds is 4. The molecule has 4 aromatic rings. The molecule has 5 rings (SSSR count). The number of H-pyrrole nitrogens is 1. The van der Waals surface area contributed by atoms with Gasteiger partial charge in [0.25, 0.3) is 0 Å². The number of carbonyl (C=O) groups is 1. The molecular formula is C18H16Cl2N10O. The Hall–Kier alpha value is -3.31. The zero-order valence-electron chi connectivity index (χ0n) is 16.0. The maximum atomic E-state index is 12.7. The van der Waals surface area contributed by atoms with Crippen molar-refractivity contribution in [2.24, 2.45) is 5.92 Å². The van der Waals surface area contributed by atoms with E-state index in [0.717, 1.165) is 5.82 Å². The fourth-order valence-electron chi connectivity index (χ4n) is 3.51. The molecule has 0 radical (unpaired) electrons. The molecule has 11 nitrogen and oxygen atoms in total. The second kappa shape index (κ2) is 8.08. The maximum Gasteiger partial charge on any atom is 0.249 e. The monoisotopic (exact) mass is 458 g/mol. The van der Waals surface area contributed by atoms with Crippen molar-refractivity contribution in [2.45, 2.75) is 12.8 Å². The van der Waals surface area contributed by atoms with Crippen molar-refractivity contribution in [1.29, 1.82) is 0 Å². The minimum absolute atomic E-state index is 0.119.